The number of aromatic nitrogens is 3. The lowest BCUT2D eigenvalue weighted by molar-refractivity contribution is 0.102. The zero-order valence-corrected chi connectivity index (χ0v) is 22.3. The van der Waals surface area contributed by atoms with Crippen LogP contribution < -0.4 is 20.1 Å². The molecule has 9 nitrogen and oxygen atoms in total. The second-order valence-corrected chi connectivity index (χ2v) is 9.46. The van der Waals surface area contributed by atoms with Gasteiger partial charge in [-0.3, -0.25) is 14.4 Å². The number of ether oxygens (including phenoxy) is 2. The van der Waals surface area contributed by atoms with Crippen LogP contribution in [0.3, 0.4) is 0 Å². The lowest BCUT2D eigenvalue weighted by atomic mass is 9.99. The maximum atomic E-state index is 13.5. The highest BCUT2D eigenvalue weighted by molar-refractivity contribution is 6.08. The van der Waals surface area contributed by atoms with E-state index in [-0.39, 0.29) is 5.69 Å². The van der Waals surface area contributed by atoms with E-state index >= 15 is 0 Å². The first-order valence-electron chi connectivity index (χ1n) is 12.9. The Labute approximate surface area is 230 Å². The number of carbonyl (C=O) groups is 1. The van der Waals surface area contributed by atoms with Crippen LogP contribution in [0.1, 0.15) is 27.2 Å². The van der Waals surface area contributed by atoms with Crippen molar-refractivity contribution >= 4 is 17.3 Å². The molecule has 0 spiro atoms. The van der Waals surface area contributed by atoms with Crippen LogP contribution in [0.4, 0.5) is 20.2 Å². The van der Waals surface area contributed by atoms with Crippen LogP contribution in [0.25, 0.3) is 0 Å². The highest BCUT2D eigenvalue weighted by Gasteiger charge is 2.20. The number of hydrogen-bond acceptors (Lipinski definition) is 7. The topological polar surface area (TPSA) is 93.5 Å². The largest absolute Gasteiger partial charge is 0.493 e. The van der Waals surface area contributed by atoms with Crippen LogP contribution in [0.2, 0.25) is 0 Å². The Bertz CT molecular complexity index is 1510. The van der Waals surface area contributed by atoms with Crippen molar-refractivity contribution < 1.29 is 23.0 Å². The van der Waals surface area contributed by atoms with Crippen molar-refractivity contribution in [3.63, 3.8) is 0 Å². The summed E-state index contributed by atoms with van der Waals surface area (Å²) in [5.74, 6) is -0.962. The summed E-state index contributed by atoms with van der Waals surface area (Å²) in [6.45, 7) is 3.62. The minimum absolute atomic E-state index is 0.165. The lowest BCUT2D eigenvalue weighted by Crippen LogP contribution is -2.33. The monoisotopic (exact) mass is 548 g/mol. The molecule has 0 bridgehead atoms. The predicted octanol–water partition coefficient (Wildman–Crippen LogP) is 4.50. The fourth-order valence-electron chi connectivity index (χ4n) is 4.70. The summed E-state index contributed by atoms with van der Waals surface area (Å²) in [5, 5.41) is 14.3. The number of para-hydroxylation sites is 1. The Morgan fingerprint density at radius 2 is 1.75 bits per heavy atom. The number of nitrogens with zero attached hydrogens (tertiary/aromatic N) is 4. The van der Waals surface area contributed by atoms with Crippen molar-refractivity contribution in [2.75, 3.05) is 37.9 Å². The zero-order valence-electron chi connectivity index (χ0n) is 22.3. The van der Waals surface area contributed by atoms with Gasteiger partial charge in [-0.25, -0.2) is 8.78 Å². The summed E-state index contributed by atoms with van der Waals surface area (Å²) in [5.41, 5.74) is 4.34. The molecule has 0 radical (unpaired) electrons. The molecule has 1 aromatic heterocycles. The van der Waals surface area contributed by atoms with Gasteiger partial charge >= 0.3 is 0 Å². The molecule has 5 rings (SSSR count). The molecule has 1 aliphatic heterocycles. The van der Waals surface area contributed by atoms with Crippen LogP contribution in [0, 0.1) is 11.6 Å². The summed E-state index contributed by atoms with van der Waals surface area (Å²) in [6.07, 6.45) is 2.81. The smallest absolute Gasteiger partial charge is 0.257 e. The number of fused-ring (bicyclic) bond motifs is 1. The molecule has 0 atom stereocenters. The fraction of sp³-hybridized carbons (Fsp3) is 0.276. The number of carbonyl (C=O) groups excluding carboxylic acids is 1. The first-order chi connectivity index (χ1) is 19.4. The van der Waals surface area contributed by atoms with Crippen molar-refractivity contribution in [3.05, 3.63) is 94.8 Å². The van der Waals surface area contributed by atoms with E-state index in [9.17, 15) is 13.6 Å². The number of benzene rings is 3. The van der Waals surface area contributed by atoms with Gasteiger partial charge in [-0.2, -0.15) is 0 Å². The van der Waals surface area contributed by atoms with E-state index in [0.29, 0.717) is 24.3 Å². The molecular formula is C29H30F2N6O3. The van der Waals surface area contributed by atoms with Gasteiger partial charge in [0.05, 0.1) is 39.1 Å². The average Bonchev–Trinajstić information content (AvgIpc) is 3.44. The number of anilines is 2. The quantitative estimate of drug-likeness (QED) is 0.302. The van der Waals surface area contributed by atoms with Crippen molar-refractivity contribution in [1.29, 1.82) is 0 Å². The molecule has 2 N–H and O–H groups in total. The molecular weight excluding hydrogens is 518 g/mol. The number of nitrogens with one attached hydrogen (secondary N) is 2. The standard InChI is InChI=1S/C29H30F2N6O3/c1-39-27-13-19-9-10-36(17-20(19)14-28(27)40-2)11-12-37-18-22(34-35-37)16-32-26-6-4-3-5-23(26)29(38)33-21-7-8-24(30)25(31)15-21/h3-8,13-15,18,32H,9-12,16-17H2,1-2H3,(H,33,38). The predicted molar refractivity (Wildman–Crippen MR) is 147 cm³/mol. The molecule has 1 amide bonds. The van der Waals surface area contributed by atoms with Gasteiger partial charge in [-0.05, 0) is 53.9 Å². The Balaban J connectivity index is 1.15. The molecule has 40 heavy (non-hydrogen) atoms. The SMILES string of the molecule is COc1cc2c(cc1OC)CN(CCn1cc(CNc3ccccc3C(=O)Nc3ccc(F)c(F)c3)nn1)CC2. The third-order valence-electron chi connectivity index (χ3n) is 6.84. The van der Waals surface area contributed by atoms with Gasteiger partial charge < -0.3 is 20.1 Å². The van der Waals surface area contributed by atoms with Crippen LogP contribution in [0.15, 0.2) is 60.8 Å². The molecule has 0 saturated heterocycles. The Morgan fingerprint density at radius 3 is 2.52 bits per heavy atom. The Kier molecular flexibility index (Phi) is 8.20. The van der Waals surface area contributed by atoms with Crippen molar-refractivity contribution in [2.24, 2.45) is 0 Å². The van der Waals surface area contributed by atoms with E-state index in [1.165, 1.54) is 17.2 Å². The normalized spacial score (nSPS) is 13.0. The summed E-state index contributed by atoms with van der Waals surface area (Å²) < 4.78 is 39.4. The number of amides is 1. The van der Waals surface area contributed by atoms with Gasteiger partial charge in [-0.1, -0.05) is 17.3 Å². The van der Waals surface area contributed by atoms with E-state index in [1.807, 2.05) is 10.9 Å². The van der Waals surface area contributed by atoms with Gasteiger partial charge in [0.2, 0.25) is 0 Å². The van der Waals surface area contributed by atoms with Crippen LogP contribution >= 0.6 is 0 Å². The molecule has 0 saturated carbocycles. The number of halogens is 2. The highest BCUT2D eigenvalue weighted by atomic mass is 19.2. The summed E-state index contributed by atoms with van der Waals surface area (Å²) in [4.78, 5) is 15.2. The van der Waals surface area contributed by atoms with Gasteiger partial charge in [0.15, 0.2) is 23.1 Å². The molecule has 0 fully saturated rings. The lowest BCUT2D eigenvalue weighted by Gasteiger charge is -2.29. The minimum Gasteiger partial charge on any atom is -0.493 e. The van der Waals surface area contributed by atoms with E-state index < -0.39 is 17.5 Å². The molecule has 4 aromatic rings. The molecule has 2 heterocycles. The number of hydrogen-bond donors (Lipinski definition) is 2. The molecule has 0 unspecified atom stereocenters. The summed E-state index contributed by atoms with van der Waals surface area (Å²) >= 11 is 0. The van der Waals surface area contributed by atoms with Gasteiger partial charge in [0, 0.05) is 37.1 Å². The molecule has 3 aromatic carbocycles. The highest BCUT2D eigenvalue weighted by Crippen LogP contribution is 2.33. The maximum absolute atomic E-state index is 13.5. The van der Waals surface area contributed by atoms with Gasteiger partial charge in [0.25, 0.3) is 5.91 Å². The van der Waals surface area contributed by atoms with E-state index in [1.54, 1.807) is 38.5 Å². The maximum Gasteiger partial charge on any atom is 0.257 e. The zero-order chi connectivity index (χ0) is 28.1. The van der Waals surface area contributed by atoms with Crippen molar-refractivity contribution in [2.45, 2.75) is 26.1 Å². The van der Waals surface area contributed by atoms with Crippen molar-refractivity contribution in [1.82, 2.24) is 19.9 Å². The van der Waals surface area contributed by atoms with Crippen molar-refractivity contribution in [3.8, 4) is 11.5 Å². The first kappa shape index (κ1) is 27.1. The van der Waals surface area contributed by atoms with E-state index in [2.05, 4.69) is 38.0 Å². The van der Waals surface area contributed by atoms with E-state index in [4.69, 9.17) is 9.47 Å². The molecule has 0 aliphatic carbocycles. The average molecular weight is 549 g/mol. The number of methoxy groups -OCH3 is 2. The Morgan fingerprint density at radius 1 is 0.975 bits per heavy atom. The molecule has 208 valence electrons. The third-order valence-corrected chi connectivity index (χ3v) is 6.84. The molecule has 1 aliphatic rings. The first-order valence-corrected chi connectivity index (χ1v) is 12.9. The van der Waals surface area contributed by atoms with E-state index in [0.717, 1.165) is 55.4 Å². The van der Waals surface area contributed by atoms with Gasteiger partial charge in [-0.15, -0.1) is 5.10 Å². The Hall–Kier alpha value is -4.51. The minimum atomic E-state index is -1.03. The molecule has 11 heteroatoms. The summed E-state index contributed by atoms with van der Waals surface area (Å²) in [6, 6.07) is 14.3. The number of rotatable bonds is 10. The van der Waals surface area contributed by atoms with Crippen LogP contribution in [0.5, 0.6) is 11.5 Å². The second kappa shape index (κ2) is 12.1. The fourth-order valence-corrected chi connectivity index (χ4v) is 4.70. The summed E-state index contributed by atoms with van der Waals surface area (Å²) in [7, 11) is 3.29. The van der Waals surface area contributed by atoms with Crippen LogP contribution in [-0.2, 0) is 26.1 Å². The van der Waals surface area contributed by atoms with Gasteiger partial charge in [0.1, 0.15) is 5.69 Å². The third kappa shape index (κ3) is 6.20. The van der Waals surface area contributed by atoms with Crippen LogP contribution in [-0.4, -0.2) is 53.1 Å². The second-order valence-electron chi connectivity index (χ2n) is 9.46.